The standard InChI is InChI=1S/C9H8O.C9H10O.C9H10S/c1-2-6-9-8(4-1)5-3-7-10-9;1-2-4-9-7-10-6-5-8(9)3-1;1-2-6-9-8(4-1)5-3-7-10-9/h1-4,6-7H,5H2;1-4H,5-7H2;1-2,4,6H,3,5,7H2. The largest absolute Gasteiger partial charge is 0.465 e. The average molecular weight is 417 g/mol. The molecule has 0 aromatic heterocycles. The number of hydrogen-bond donors (Lipinski definition) is 0. The van der Waals surface area contributed by atoms with Crippen molar-refractivity contribution in [3.05, 3.63) is 107 Å². The van der Waals surface area contributed by atoms with Crippen LogP contribution in [-0.2, 0) is 30.6 Å². The number of thioether (sulfide) groups is 1. The summed E-state index contributed by atoms with van der Waals surface area (Å²) in [5.41, 5.74) is 5.62. The second-order valence-corrected chi connectivity index (χ2v) is 8.57. The average Bonchev–Trinajstić information content (AvgIpc) is 2.85. The first kappa shape index (κ1) is 20.8. The van der Waals surface area contributed by atoms with E-state index in [1.165, 1.54) is 40.2 Å². The quantitative estimate of drug-likeness (QED) is 0.410. The van der Waals surface area contributed by atoms with Crippen molar-refractivity contribution in [3.63, 3.8) is 0 Å². The Morgan fingerprint density at radius 2 is 1.43 bits per heavy atom. The van der Waals surface area contributed by atoms with Crippen LogP contribution in [0.5, 0.6) is 5.75 Å². The monoisotopic (exact) mass is 416 g/mol. The van der Waals surface area contributed by atoms with Crippen LogP contribution in [-0.4, -0.2) is 12.4 Å². The molecule has 0 radical (unpaired) electrons. The fourth-order valence-corrected chi connectivity index (χ4v) is 4.73. The van der Waals surface area contributed by atoms with Crippen molar-refractivity contribution in [2.45, 2.75) is 37.2 Å². The van der Waals surface area contributed by atoms with E-state index in [0.717, 1.165) is 31.8 Å². The first-order valence-corrected chi connectivity index (χ1v) is 11.6. The Labute approximate surface area is 183 Å². The summed E-state index contributed by atoms with van der Waals surface area (Å²) in [5, 5.41) is 0. The molecule has 0 aliphatic carbocycles. The predicted molar refractivity (Wildman–Crippen MR) is 125 cm³/mol. The van der Waals surface area contributed by atoms with Gasteiger partial charge in [-0.15, -0.1) is 11.8 Å². The number of allylic oxidation sites excluding steroid dienone is 1. The first-order valence-electron chi connectivity index (χ1n) is 10.6. The lowest BCUT2D eigenvalue weighted by molar-refractivity contribution is 0.111. The van der Waals surface area contributed by atoms with Gasteiger partial charge in [0.1, 0.15) is 5.75 Å². The van der Waals surface area contributed by atoms with Crippen molar-refractivity contribution < 1.29 is 9.47 Å². The molecule has 30 heavy (non-hydrogen) atoms. The summed E-state index contributed by atoms with van der Waals surface area (Å²) in [5.74, 6) is 2.29. The van der Waals surface area contributed by atoms with E-state index < -0.39 is 0 Å². The summed E-state index contributed by atoms with van der Waals surface area (Å²) in [7, 11) is 0. The molecule has 3 aliphatic rings. The van der Waals surface area contributed by atoms with Gasteiger partial charge >= 0.3 is 0 Å². The van der Waals surface area contributed by atoms with Gasteiger partial charge in [0.05, 0.1) is 19.5 Å². The normalized spacial score (nSPS) is 15.6. The molecule has 0 bridgehead atoms. The molecule has 3 aromatic carbocycles. The molecule has 0 N–H and O–H groups in total. The zero-order chi connectivity index (χ0) is 20.4. The van der Waals surface area contributed by atoms with Crippen LogP contribution in [0.2, 0.25) is 0 Å². The number of benzene rings is 3. The highest BCUT2D eigenvalue weighted by Gasteiger charge is 2.07. The van der Waals surface area contributed by atoms with Gasteiger partial charge in [0.25, 0.3) is 0 Å². The van der Waals surface area contributed by atoms with E-state index in [1.54, 1.807) is 11.8 Å². The molecule has 3 aliphatic heterocycles. The highest BCUT2D eigenvalue weighted by atomic mass is 32.2. The minimum atomic E-state index is 0.802. The lowest BCUT2D eigenvalue weighted by Crippen LogP contribution is -2.08. The van der Waals surface area contributed by atoms with E-state index in [1.807, 2.05) is 36.0 Å². The third kappa shape index (κ3) is 5.78. The second-order valence-electron chi connectivity index (χ2n) is 7.43. The van der Waals surface area contributed by atoms with Gasteiger partial charge in [-0.2, -0.15) is 0 Å². The molecule has 6 rings (SSSR count). The third-order valence-corrected chi connectivity index (χ3v) is 6.52. The fraction of sp³-hybridized carbons (Fsp3) is 0.259. The number of ether oxygens (including phenoxy) is 2. The van der Waals surface area contributed by atoms with E-state index in [0.29, 0.717) is 0 Å². The van der Waals surface area contributed by atoms with Crippen molar-refractivity contribution in [2.75, 3.05) is 12.4 Å². The molecular weight excluding hydrogens is 388 g/mol. The van der Waals surface area contributed by atoms with E-state index in [-0.39, 0.29) is 0 Å². The Morgan fingerprint density at radius 1 is 0.700 bits per heavy atom. The Morgan fingerprint density at radius 3 is 2.23 bits per heavy atom. The summed E-state index contributed by atoms with van der Waals surface area (Å²) in [6.45, 7) is 1.69. The van der Waals surface area contributed by atoms with Crippen LogP contribution in [0.4, 0.5) is 0 Å². The molecule has 0 saturated heterocycles. The van der Waals surface area contributed by atoms with Crippen LogP contribution >= 0.6 is 11.8 Å². The highest BCUT2D eigenvalue weighted by molar-refractivity contribution is 7.99. The molecule has 3 heteroatoms. The Bertz CT molecular complexity index is 851. The van der Waals surface area contributed by atoms with Gasteiger partial charge in [-0.3, -0.25) is 0 Å². The van der Waals surface area contributed by atoms with E-state index >= 15 is 0 Å². The molecule has 3 heterocycles. The van der Waals surface area contributed by atoms with Crippen molar-refractivity contribution in [1.29, 1.82) is 0 Å². The molecule has 0 fully saturated rings. The summed E-state index contributed by atoms with van der Waals surface area (Å²) >= 11 is 1.99. The second kappa shape index (κ2) is 11.1. The third-order valence-electron chi connectivity index (χ3n) is 5.31. The maximum Gasteiger partial charge on any atom is 0.130 e. The predicted octanol–water partition coefficient (Wildman–Crippen LogP) is 6.62. The summed E-state index contributed by atoms with van der Waals surface area (Å²) in [6.07, 6.45) is 8.46. The zero-order valence-electron chi connectivity index (χ0n) is 17.3. The van der Waals surface area contributed by atoms with Crippen LogP contribution in [0.15, 0.2) is 90.0 Å². The lowest BCUT2D eigenvalue weighted by atomic mass is 10.0. The zero-order valence-corrected chi connectivity index (χ0v) is 18.1. The fourth-order valence-electron chi connectivity index (χ4n) is 3.69. The molecule has 2 nitrogen and oxygen atoms in total. The molecule has 3 aromatic rings. The SMILES string of the molecule is C1=COc2ccccc2C1.c1ccc2c(c1)CCCS2.c1ccc2c(c1)CCOC2. The molecule has 0 atom stereocenters. The van der Waals surface area contributed by atoms with E-state index in [4.69, 9.17) is 9.47 Å². The van der Waals surface area contributed by atoms with E-state index in [9.17, 15) is 0 Å². The number of fused-ring (bicyclic) bond motifs is 3. The number of rotatable bonds is 0. The van der Waals surface area contributed by atoms with Gasteiger partial charge in [0.2, 0.25) is 0 Å². The van der Waals surface area contributed by atoms with Gasteiger partial charge < -0.3 is 9.47 Å². The van der Waals surface area contributed by atoms with Crippen LogP contribution in [0.25, 0.3) is 0 Å². The van der Waals surface area contributed by atoms with Crippen LogP contribution in [0.1, 0.15) is 28.7 Å². The van der Waals surface area contributed by atoms with Gasteiger partial charge in [-0.25, -0.2) is 0 Å². The number of hydrogen-bond acceptors (Lipinski definition) is 3. The van der Waals surface area contributed by atoms with Gasteiger partial charge in [0, 0.05) is 4.90 Å². The minimum absolute atomic E-state index is 0.802. The van der Waals surface area contributed by atoms with Gasteiger partial charge in [-0.05, 0) is 71.9 Å². The van der Waals surface area contributed by atoms with E-state index in [2.05, 4.69) is 54.6 Å². The molecular formula is C27H28O2S. The highest BCUT2D eigenvalue weighted by Crippen LogP contribution is 2.29. The molecule has 0 amide bonds. The van der Waals surface area contributed by atoms with Gasteiger partial charge in [0.15, 0.2) is 0 Å². The smallest absolute Gasteiger partial charge is 0.130 e. The maximum absolute atomic E-state index is 5.30. The molecule has 154 valence electrons. The number of para-hydroxylation sites is 1. The van der Waals surface area contributed by atoms with Crippen molar-refractivity contribution >= 4 is 11.8 Å². The topological polar surface area (TPSA) is 18.5 Å². The van der Waals surface area contributed by atoms with Crippen LogP contribution in [0, 0.1) is 0 Å². The Kier molecular flexibility index (Phi) is 7.65. The van der Waals surface area contributed by atoms with Gasteiger partial charge in [-0.1, -0.05) is 60.7 Å². The molecule has 0 saturated carbocycles. The first-order chi connectivity index (χ1) is 14.9. The summed E-state index contributed by atoms with van der Waals surface area (Å²) in [4.78, 5) is 1.49. The molecule has 0 spiro atoms. The molecule has 0 unspecified atom stereocenters. The van der Waals surface area contributed by atoms with Crippen molar-refractivity contribution in [1.82, 2.24) is 0 Å². The lowest BCUT2D eigenvalue weighted by Gasteiger charge is -2.14. The maximum atomic E-state index is 5.30. The summed E-state index contributed by atoms with van der Waals surface area (Å²) < 4.78 is 10.5. The number of aryl methyl sites for hydroxylation is 1. The minimum Gasteiger partial charge on any atom is -0.465 e. The van der Waals surface area contributed by atoms with Crippen molar-refractivity contribution in [2.24, 2.45) is 0 Å². The Hall–Kier alpha value is -2.49. The summed E-state index contributed by atoms with van der Waals surface area (Å²) in [6, 6.07) is 25.3. The van der Waals surface area contributed by atoms with Crippen molar-refractivity contribution in [3.8, 4) is 5.75 Å². The van der Waals surface area contributed by atoms with Crippen LogP contribution in [0.3, 0.4) is 0 Å². The van der Waals surface area contributed by atoms with Crippen LogP contribution < -0.4 is 4.74 Å². The Balaban J connectivity index is 0.000000109.